The van der Waals surface area contributed by atoms with Crippen molar-refractivity contribution in [3.8, 4) is 0 Å². The molecule has 0 radical (unpaired) electrons. The van der Waals surface area contributed by atoms with E-state index < -0.39 is 10.0 Å². The maximum absolute atomic E-state index is 12.3. The van der Waals surface area contributed by atoms with Crippen LogP contribution in [0.2, 0.25) is 0 Å². The summed E-state index contributed by atoms with van der Waals surface area (Å²) in [5, 5.41) is 2.98. The molecule has 0 fully saturated rings. The molecule has 2 rings (SSSR count). The number of halogens is 1. The maximum Gasteiger partial charge on any atom is 0.279 e. The minimum atomic E-state index is -3.70. The lowest BCUT2D eigenvalue weighted by atomic mass is 10.2. The molecule has 5 nitrogen and oxygen atoms in total. The Labute approximate surface area is 133 Å². The number of nitrogens with zero attached hydrogens (tertiary/aromatic N) is 1. The fraction of sp³-hybridized carbons (Fsp3) is 0.214. The quantitative estimate of drug-likeness (QED) is 0.849. The highest BCUT2D eigenvalue weighted by molar-refractivity contribution is 9.10. The van der Waals surface area contributed by atoms with Crippen LogP contribution in [0.3, 0.4) is 0 Å². The van der Waals surface area contributed by atoms with Crippen molar-refractivity contribution >= 4 is 31.6 Å². The molecular weight excluding hydrogens is 354 g/mol. The predicted octanol–water partition coefficient (Wildman–Crippen LogP) is 2.67. The number of aromatic nitrogens is 1. The molecule has 0 unspecified atom stereocenters. The van der Waals surface area contributed by atoms with Crippen molar-refractivity contribution in [1.82, 2.24) is 10.3 Å². The van der Waals surface area contributed by atoms with Crippen LogP contribution in [0.5, 0.6) is 0 Å². The van der Waals surface area contributed by atoms with Crippen molar-refractivity contribution in [3.05, 3.63) is 52.1 Å². The largest absolute Gasteiger partial charge is 0.316 e. The summed E-state index contributed by atoms with van der Waals surface area (Å²) in [7, 11) is -1.87. The summed E-state index contributed by atoms with van der Waals surface area (Å²) in [5.41, 5.74) is 2.39. The minimum Gasteiger partial charge on any atom is -0.316 e. The van der Waals surface area contributed by atoms with Crippen LogP contribution in [0.15, 0.2) is 46.0 Å². The molecule has 0 saturated heterocycles. The Morgan fingerprint density at radius 3 is 2.62 bits per heavy atom. The monoisotopic (exact) mass is 369 g/mol. The summed E-state index contributed by atoms with van der Waals surface area (Å²) < 4.78 is 27.9. The van der Waals surface area contributed by atoms with Gasteiger partial charge in [-0.1, -0.05) is 12.1 Å². The Bertz CT molecular complexity index is 730. The number of hydrogen-bond acceptors (Lipinski definition) is 4. The molecule has 0 saturated carbocycles. The molecule has 1 aromatic heterocycles. The van der Waals surface area contributed by atoms with E-state index in [2.05, 4.69) is 31.0 Å². The van der Waals surface area contributed by atoms with Crippen LogP contribution in [0.4, 0.5) is 5.69 Å². The van der Waals surface area contributed by atoms with Gasteiger partial charge in [-0.3, -0.25) is 4.72 Å². The van der Waals surface area contributed by atoms with E-state index in [1.807, 2.05) is 20.0 Å². The second-order valence-electron chi connectivity index (χ2n) is 4.62. The van der Waals surface area contributed by atoms with Crippen LogP contribution in [-0.2, 0) is 16.6 Å². The number of benzene rings is 1. The summed E-state index contributed by atoms with van der Waals surface area (Å²) >= 11 is 3.33. The van der Waals surface area contributed by atoms with Crippen molar-refractivity contribution < 1.29 is 8.42 Å². The zero-order chi connectivity index (χ0) is 15.5. The third-order valence-electron chi connectivity index (χ3n) is 2.82. The van der Waals surface area contributed by atoms with E-state index in [9.17, 15) is 8.42 Å². The minimum absolute atomic E-state index is 0.00393. The SMILES string of the molecule is CNCc1ccc(S(=O)(=O)Nc2cc(C)ccc2Br)nc1. The molecule has 21 heavy (non-hydrogen) atoms. The van der Waals surface area contributed by atoms with Crippen molar-refractivity contribution in [1.29, 1.82) is 0 Å². The van der Waals surface area contributed by atoms with Crippen LogP contribution in [-0.4, -0.2) is 20.4 Å². The highest BCUT2D eigenvalue weighted by Gasteiger charge is 2.17. The third-order valence-corrected chi connectivity index (χ3v) is 4.79. The van der Waals surface area contributed by atoms with Crippen LogP contribution >= 0.6 is 15.9 Å². The molecular formula is C14H16BrN3O2S. The number of pyridine rings is 1. The normalized spacial score (nSPS) is 11.4. The average Bonchev–Trinajstić information content (AvgIpc) is 2.44. The Morgan fingerprint density at radius 1 is 1.24 bits per heavy atom. The first-order valence-electron chi connectivity index (χ1n) is 6.31. The van der Waals surface area contributed by atoms with E-state index in [-0.39, 0.29) is 5.03 Å². The molecule has 0 atom stereocenters. The van der Waals surface area contributed by atoms with Gasteiger partial charge in [-0.15, -0.1) is 0 Å². The maximum atomic E-state index is 12.3. The fourth-order valence-corrected chi connectivity index (χ4v) is 3.27. The molecule has 2 aromatic rings. The molecule has 0 aliphatic heterocycles. The molecule has 0 bridgehead atoms. The third kappa shape index (κ3) is 4.03. The average molecular weight is 370 g/mol. The van der Waals surface area contributed by atoms with Gasteiger partial charge in [-0.25, -0.2) is 4.98 Å². The number of aryl methyl sites for hydroxylation is 1. The predicted molar refractivity (Wildman–Crippen MR) is 86.7 cm³/mol. The zero-order valence-corrected chi connectivity index (χ0v) is 14.1. The molecule has 0 aliphatic carbocycles. The number of sulfonamides is 1. The lowest BCUT2D eigenvalue weighted by Gasteiger charge is -2.10. The highest BCUT2D eigenvalue weighted by Crippen LogP contribution is 2.25. The number of hydrogen-bond donors (Lipinski definition) is 2. The summed E-state index contributed by atoms with van der Waals surface area (Å²) in [6.07, 6.45) is 1.55. The van der Waals surface area contributed by atoms with Crippen LogP contribution in [0.25, 0.3) is 0 Å². The lowest BCUT2D eigenvalue weighted by molar-refractivity contribution is 0.597. The molecule has 1 heterocycles. The van der Waals surface area contributed by atoms with Crippen LogP contribution in [0, 0.1) is 6.92 Å². The molecule has 0 spiro atoms. The first-order chi connectivity index (χ1) is 9.92. The van der Waals surface area contributed by atoms with E-state index in [1.54, 1.807) is 24.4 Å². The topological polar surface area (TPSA) is 71.1 Å². The lowest BCUT2D eigenvalue weighted by Crippen LogP contribution is -2.15. The van der Waals surface area contributed by atoms with Gasteiger partial charge in [-0.05, 0) is 59.2 Å². The van der Waals surface area contributed by atoms with E-state index >= 15 is 0 Å². The van der Waals surface area contributed by atoms with Crippen LogP contribution < -0.4 is 10.0 Å². The van der Waals surface area contributed by atoms with Crippen LogP contribution in [0.1, 0.15) is 11.1 Å². The van der Waals surface area contributed by atoms with Gasteiger partial charge in [0.25, 0.3) is 10.0 Å². The molecule has 0 aliphatic rings. The Hall–Kier alpha value is -1.44. The van der Waals surface area contributed by atoms with Crippen molar-refractivity contribution in [2.45, 2.75) is 18.5 Å². The Kier molecular flexibility index (Phi) is 4.97. The molecule has 112 valence electrons. The number of rotatable bonds is 5. The van der Waals surface area contributed by atoms with Crippen molar-refractivity contribution in [2.24, 2.45) is 0 Å². The van der Waals surface area contributed by atoms with Gasteiger partial charge in [0.15, 0.2) is 5.03 Å². The van der Waals surface area contributed by atoms with Crippen molar-refractivity contribution in [3.63, 3.8) is 0 Å². The number of nitrogens with one attached hydrogen (secondary N) is 2. The number of anilines is 1. The molecule has 7 heteroatoms. The van der Waals surface area contributed by atoms with Gasteiger partial charge in [0.1, 0.15) is 0 Å². The summed E-state index contributed by atoms with van der Waals surface area (Å²) in [4.78, 5) is 4.01. The fourth-order valence-electron chi connectivity index (χ4n) is 1.79. The van der Waals surface area contributed by atoms with Gasteiger partial charge in [0.05, 0.1) is 5.69 Å². The van der Waals surface area contributed by atoms with Gasteiger partial charge in [0.2, 0.25) is 0 Å². The standard InChI is InChI=1S/C14H16BrN3O2S/c1-10-3-5-12(15)13(7-10)18-21(19,20)14-6-4-11(8-16-2)9-17-14/h3-7,9,16,18H,8H2,1-2H3. The first-order valence-corrected chi connectivity index (χ1v) is 8.58. The van der Waals surface area contributed by atoms with Crippen molar-refractivity contribution in [2.75, 3.05) is 11.8 Å². The first kappa shape index (κ1) is 15.9. The zero-order valence-electron chi connectivity index (χ0n) is 11.7. The second-order valence-corrected chi connectivity index (χ2v) is 7.11. The molecule has 1 aromatic carbocycles. The highest BCUT2D eigenvalue weighted by atomic mass is 79.9. The Morgan fingerprint density at radius 2 is 2.00 bits per heavy atom. The van der Waals surface area contributed by atoms with Gasteiger partial charge < -0.3 is 5.32 Å². The second kappa shape index (κ2) is 6.55. The van der Waals surface area contributed by atoms with E-state index in [1.165, 1.54) is 6.07 Å². The Balaban J connectivity index is 2.27. The van der Waals surface area contributed by atoms with E-state index in [4.69, 9.17) is 0 Å². The molecule has 2 N–H and O–H groups in total. The van der Waals surface area contributed by atoms with E-state index in [0.29, 0.717) is 16.7 Å². The molecule has 0 amide bonds. The summed E-state index contributed by atoms with van der Waals surface area (Å²) in [5.74, 6) is 0. The smallest absolute Gasteiger partial charge is 0.279 e. The summed E-state index contributed by atoms with van der Waals surface area (Å²) in [6, 6.07) is 8.70. The van der Waals surface area contributed by atoms with E-state index in [0.717, 1.165) is 11.1 Å². The summed E-state index contributed by atoms with van der Waals surface area (Å²) in [6.45, 7) is 2.54. The van der Waals surface area contributed by atoms with Gasteiger partial charge in [0, 0.05) is 17.2 Å². The van der Waals surface area contributed by atoms with Gasteiger partial charge in [-0.2, -0.15) is 8.42 Å². The van der Waals surface area contributed by atoms with Gasteiger partial charge >= 0.3 is 0 Å².